The molecule has 38 heavy (non-hydrogen) atoms. The van der Waals surface area contributed by atoms with Crippen LogP contribution in [0.1, 0.15) is 45.7 Å². The van der Waals surface area contributed by atoms with Crippen LogP contribution in [0.4, 0.5) is 5.69 Å². The van der Waals surface area contributed by atoms with E-state index in [1.807, 2.05) is 13.8 Å². The Kier molecular flexibility index (Phi) is 9.78. The molecule has 0 aromatic heterocycles. The zero-order chi connectivity index (χ0) is 27.7. The van der Waals surface area contributed by atoms with Crippen molar-refractivity contribution in [2.75, 3.05) is 13.7 Å². The van der Waals surface area contributed by atoms with Gasteiger partial charge in [0.15, 0.2) is 0 Å². The number of hydrazone groups is 1. The molecule has 0 heterocycles. The van der Waals surface area contributed by atoms with Crippen molar-refractivity contribution in [1.82, 2.24) is 5.43 Å². The molecule has 0 radical (unpaired) electrons. The maximum absolute atomic E-state index is 12.3. The molecular formula is C27H26ClN3O7. The van der Waals surface area contributed by atoms with Gasteiger partial charge >= 0.3 is 5.97 Å². The molecule has 1 N–H and O–H groups in total. The number of amides is 1. The van der Waals surface area contributed by atoms with E-state index in [0.29, 0.717) is 29.2 Å². The van der Waals surface area contributed by atoms with E-state index < -0.39 is 10.8 Å². The molecule has 0 aliphatic heterocycles. The van der Waals surface area contributed by atoms with Gasteiger partial charge in [0.25, 0.3) is 11.6 Å². The van der Waals surface area contributed by atoms with Gasteiger partial charge in [-0.25, -0.2) is 10.2 Å². The van der Waals surface area contributed by atoms with E-state index in [9.17, 15) is 19.7 Å². The lowest BCUT2D eigenvalue weighted by atomic mass is 10.1. The summed E-state index contributed by atoms with van der Waals surface area (Å²) in [6, 6.07) is 15.5. The van der Waals surface area contributed by atoms with Crippen LogP contribution in [-0.2, 0) is 11.3 Å². The third kappa shape index (κ3) is 7.78. The zero-order valence-electron chi connectivity index (χ0n) is 21.0. The molecule has 0 spiro atoms. The Balaban J connectivity index is 1.62. The Morgan fingerprint density at radius 1 is 1.11 bits per heavy atom. The third-order valence-corrected chi connectivity index (χ3v) is 5.44. The van der Waals surface area contributed by atoms with Crippen molar-refractivity contribution in [2.24, 2.45) is 11.0 Å². The predicted octanol–water partition coefficient (Wildman–Crippen LogP) is 5.41. The first-order chi connectivity index (χ1) is 18.2. The topological polar surface area (TPSA) is 129 Å². The number of halogens is 1. The highest BCUT2D eigenvalue weighted by molar-refractivity contribution is 6.34. The molecule has 0 fully saturated rings. The van der Waals surface area contributed by atoms with Crippen LogP contribution in [0, 0.1) is 16.0 Å². The minimum absolute atomic E-state index is 0.0532. The van der Waals surface area contributed by atoms with Crippen LogP contribution in [0.25, 0.3) is 0 Å². The van der Waals surface area contributed by atoms with Gasteiger partial charge in [0.1, 0.15) is 18.1 Å². The molecule has 0 saturated carbocycles. The molecule has 3 aromatic carbocycles. The third-order valence-electron chi connectivity index (χ3n) is 5.12. The van der Waals surface area contributed by atoms with E-state index in [1.165, 1.54) is 18.3 Å². The molecule has 1 amide bonds. The lowest BCUT2D eigenvalue weighted by molar-refractivity contribution is -0.384. The summed E-state index contributed by atoms with van der Waals surface area (Å²) in [4.78, 5) is 34.7. The molecule has 11 heteroatoms. The molecule has 0 aliphatic carbocycles. The molecule has 0 saturated heterocycles. The fraction of sp³-hybridized carbons (Fsp3) is 0.222. The van der Waals surface area contributed by atoms with Crippen molar-refractivity contribution in [3.8, 4) is 11.5 Å². The quantitative estimate of drug-likeness (QED) is 0.149. The highest BCUT2D eigenvalue weighted by atomic mass is 35.5. The number of nitrogens with one attached hydrogen (secondary N) is 1. The molecular weight excluding hydrogens is 514 g/mol. The maximum Gasteiger partial charge on any atom is 0.338 e. The number of benzene rings is 3. The highest BCUT2D eigenvalue weighted by Crippen LogP contribution is 2.24. The lowest BCUT2D eigenvalue weighted by Crippen LogP contribution is -2.18. The SMILES string of the molecule is COc1ccc(C=NNC(=O)c2ccc([N+](=O)[O-])cc2Cl)cc1COc1ccc(C(=O)OCC(C)C)cc1. The number of hydrogen-bond donors (Lipinski definition) is 1. The second kappa shape index (κ2) is 13.2. The summed E-state index contributed by atoms with van der Waals surface area (Å²) in [6.45, 7) is 4.46. The Morgan fingerprint density at radius 2 is 1.84 bits per heavy atom. The minimum Gasteiger partial charge on any atom is -0.496 e. The summed E-state index contributed by atoms with van der Waals surface area (Å²) >= 11 is 5.99. The van der Waals surface area contributed by atoms with Crippen LogP contribution in [0.3, 0.4) is 0 Å². The fourth-order valence-corrected chi connectivity index (χ4v) is 3.45. The molecule has 3 aromatic rings. The van der Waals surface area contributed by atoms with E-state index in [2.05, 4.69) is 10.5 Å². The first-order valence-electron chi connectivity index (χ1n) is 11.5. The highest BCUT2D eigenvalue weighted by Gasteiger charge is 2.14. The monoisotopic (exact) mass is 539 g/mol. The molecule has 0 atom stereocenters. The number of carbonyl (C=O) groups excluding carboxylic acids is 2. The largest absolute Gasteiger partial charge is 0.496 e. The van der Waals surface area contributed by atoms with Crippen LogP contribution in [0.2, 0.25) is 5.02 Å². The molecule has 0 bridgehead atoms. The molecule has 3 rings (SSSR count). The number of esters is 1. The maximum atomic E-state index is 12.3. The van der Waals surface area contributed by atoms with Crippen molar-refractivity contribution in [2.45, 2.75) is 20.5 Å². The van der Waals surface area contributed by atoms with Gasteiger partial charge in [-0.05, 0) is 60.0 Å². The van der Waals surface area contributed by atoms with Crippen molar-refractivity contribution in [1.29, 1.82) is 0 Å². The van der Waals surface area contributed by atoms with Crippen molar-refractivity contribution in [3.63, 3.8) is 0 Å². The van der Waals surface area contributed by atoms with Gasteiger partial charge in [0, 0.05) is 17.7 Å². The van der Waals surface area contributed by atoms with Crippen LogP contribution in [0.5, 0.6) is 11.5 Å². The zero-order valence-corrected chi connectivity index (χ0v) is 21.7. The first kappa shape index (κ1) is 28.1. The van der Waals surface area contributed by atoms with Gasteiger partial charge in [0.2, 0.25) is 0 Å². The van der Waals surface area contributed by atoms with Crippen LogP contribution in [-0.4, -0.2) is 36.7 Å². The smallest absolute Gasteiger partial charge is 0.338 e. The number of nitro benzene ring substituents is 1. The summed E-state index contributed by atoms with van der Waals surface area (Å²) in [6.07, 6.45) is 1.43. The summed E-state index contributed by atoms with van der Waals surface area (Å²) in [7, 11) is 1.54. The standard InChI is InChI=1S/C27H26ClN3O7/c1-17(2)15-38-27(33)19-5-8-22(9-6-19)37-16-20-12-18(4-11-25(20)36-3)14-29-30-26(32)23-10-7-21(31(34)35)13-24(23)28/h4-14,17H,15-16H2,1-3H3,(H,30,32). The number of nitro groups is 1. The summed E-state index contributed by atoms with van der Waals surface area (Å²) < 4.78 is 16.5. The van der Waals surface area contributed by atoms with Gasteiger partial charge in [-0.15, -0.1) is 0 Å². The Labute approximate surface area is 224 Å². The Bertz CT molecular complexity index is 1340. The van der Waals surface area contributed by atoms with E-state index in [4.69, 9.17) is 25.8 Å². The van der Waals surface area contributed by atoms with Gasteiger partial charge in [0.05, 0.1) is 41.0 Å². The van der Waals surface area contributed by atoms with E-state index in [1.54, 1.807) is 49.6 Å². The van der Waals surface area contributed by atoms with E-state index >= 15 is 0 Å². The number of methoxy groups -OCH3 is 1. The molecule has 0 aliphatic rings. The fourth-order valence-electron chi connectivity index (χ4n) is 3.19. The van der Waals surface area contributed by atoms with Crippen LogP contribution in [0.15, 0.2) is 65.8 Å². The molecule has 198 valence electrons. The molecule has 10 nitrogen and oxygen atoms in total. The van der Waals surface area contributed by atoms with Gasteiger partial charge in [-0.3, -0.25) is 14.9 Å². The number of rotatable bonds is 11. The molecule has 0 unspecified atom stereocenters. The van der Waals surface area contributed by atoms with Crippen molar-refractivity contribution < 1.29 is 28.7 Å². The normalized spacial score (nSPS) is 10.9. The van der Waals surface area contributed by atoms with E-state index in [0.717, 1.165) is 11.6 Å². The number of hydrogen-bond acceptors (Lipinski definition) is 8. The van der Waals surface area contributed by atoms with Gasteiger partial charge < -0.3 is 14.2 Å². The number of non-ortho nitro benzene ring substituents is 1. The summed E-state index contributed by atoms with van der Waals surface area (Å²) in [5.74, 6) is 0.398. The van der Waals surface area contributed by atoms with Crippen molar-refractivity contribution >= 4 is 35.4 Å². The van der Waals surface area contributed by atoms with Crippen LogP contribution >= 0.6 is 11.6 Å². The van der Waals surface area contributed by atoms with Crippen LogP contribution < -0.4 is 14.9 Å². The van der Waals surface area contributed by atoms with Gasteiger partial charge in [-0.1, -0.05) is 25.4 Å². The average Bonchev–Trinajstić information content (AvgIpc) is 2.90. The predicted molar refractivity (Wildman–Crippen MR) is 142 cm³/mol. The number of carbonyl (C=O) groups is 2. The number of nitrogens with zero attached hydrogens (tertiary/aromatic N) is 2. The van der Waals surface area contributed by atoms with Gasteiger partial charge in [-0.2, -0.15) is 5.10 Å². The first-order valence-corrected chi connectivity index (χ1v) is 11.9. The Morgan fingerprint density at radius 3 is 2.47 bits per heavy atom. The number of ether oxygens (including phenoxy) is 3. The van der Waals surface area contributed by atoms with E-state index in [-0.39, 0.29) is 34.8 Å². The average molecular weight is 540 g/mol. The Hall–Kier alpha value is -4.44. The second-order valence-electron chi connectivity index (χ2n) is 8.50. The second-order valence-corrected chi connectivity index (χ2v) is 8.90. The minimum atomic E-state index is -0.616. The lowest BCUT2D eigenvalue weighted by Gasteiger charge is -2.12. The van der Waals surface area contributed by atoms with Crippen molar-refractivity contribution in [3.05, 3.63) is 98.1 Å². The summed E-state index contributed by atoms with van der Waals surface area (Å²) in [5.41, 5.74) is 4.00. The summed E-state index contributed by atoms with van der Waals surface area (Å²) in [5, 5.41) is 14.7.